The van der Waals surface area contributed by atoms with E-state index < -0.39 is 0 Å². The highest BCUT2D eigenvalue weighted by atomic mass is 32.1. The van der Waals surface area contributed by atoms with Crippen LogP contribution in [0.25, 0.3) is 10.9 Å². The van der Waals surface area contributed by atoms with Gasteiger partial charge in [-0.15, -0.1) is 0 Å². The molecule has 2 heterocycles. The van der Waals surface area contributed by atoms with Crippen molar-refractivity contribution in [2.45, 2.75) is 13.0 Å². The number of para-hydroxylation sites is 1. The van der Waals surface area contributed by atoms with Crippen LogP contribution in [0.1, 0.15) is 5.56 Å². The van der Waals surface area contributed by atoms with Gasteiger partial charge in [-0.3, -0.25) is 4.79 Å². The van der Waals surface area contributed by atoms with Crippen molar-refractivity contribution in [2.75, 3.05) is 13.1 Å². The van der Waals surface area contributed by atoms with Crippen molar-refractivity contribution in [3.8, 4) is 0 Å². The number of hydrogen-bond donors (Lipinski definition) is 1. The van der Waals surface area contributed by atoms with Gasteiger partial charge in [-0.1, -0.05) is 12.1 Å². The summed E-state index contributed by atoms with van der Waals surface area (Å²) in [6.45, 7) is 2.75. The summed E-state index contributed by atoms with van der Waals surface area (Å²) in [5.41, 5.74) is 2.48. The fourth-order valence-corrected chi connectivity index (χ4v) is 3.15. The summed E-state index contributed by atoms with van der Waals surface area (Å²) in [7, 11) is 0. The molecular weight excluding hydrogens is 280 g/mol. The van der Waals surface area contributed by atoms with Gasteiger partial charge in [0.2, 0.25) is 0 Å². The van der Waals surface area contributed by atoms with Crippen LogP contribution in [0.15, 0.2) is 58.1 Å². The lowest BCUT2D eigenvalue weighted by Crippen LogP contribution is -2.23. The molecule has 0 radical (unpaired) electrons. The van der Waals surface area contributed by atoms with Gasteiger partial charge < -0.3 is 9.88 Å². The third-order valence-corrected chi connectivity index (χ3v) is 4.32. The Morgan fingerprint density at radius 2 is 2.00 bits per heavy atom. The van der Waals surface area contributed by atoms with Crippen molar-refractivity contribution in [3.05, 3.63) is 69.1 Å². The molecule has 3 rings (SSSR count). The van der Waals surface area contributed by atoms with Gasteiger partial charge >= 0.3 is 0 Å². The van der Waals surface area contributed by atoms with Crippen LogP contribution in [-0.4, -0.2) is 17.7 Å². The molecule has 4 heteroatoms. The van der Waals surface area contributed by atoms with E-state index in [4.69, 9.17) is 0 Å². The molecule has 1 N–H and O–H groups in total. The molecule has 0 saturated carbocycles. The van der Waals surface area contributed by atoms with E-state index in [1.807, 2.05) is 30.5 Å². The van der Waals surface area contributed by atoms with Crippen LogP contribution in [0.3, 0.4) is 0 Å². The van der Waals surface area contributed by atoms with Crippen LogP contribution in [-0.2, 0) is 13.0 Å². The first-order valence-electron chi connectivity index (χ1n) is 7.14. The summed E-state index contributed by atoms with van der Waals surface area (Å²) in [5.74, 6) is 0. The number of aromatic nitrogens is 1. The van der Waals surface area contributed by atoms with Crippen LogP contribution < -0.4 is 10.7 Å². The molecule has 0 spiro atoms. The molecule has 108 valence electrons. The maximum absolute atomic E-state index is 11.8. The Labute approximate surface area is 127 Å². The number of hydrogen-bond acceptors (Lipinski definition) is 3. The second kappa shape index (κ2) is 6.70. The highest BCUT2D eigenvalue weighted by Crippen LogP contribution is 2.09. The molecular formula is C17H18N2OS. The molecule has 3 nitrogen and oxygen atoms in total. The minimum absolute atomic E-state index is 0.0901. The van der Waals surface area contributed by atoms with Crippen molar-refractivity contribution in [2.24, 2.45) is 0 Å². The van der Waals surface area contributed by atoms with Crippen molar-refractivity contribution in [3.63, 3.8) is 0 Å². The first-order valence-corrected chi connectivity index (χ1v) is 8.09. The first kappa shape index (κ1) is 14.0. The maximum atomic E-state index is 11.8. The Kier molecular flexibility index (Phi) is 4.48. The number of nitrogens with zero attached hydrogens (tertiary/aromatic N) is 1. The zero-order chi connectivity index (χ0) is 14.5. The minimum atomic E-state index is 0.0901. The third-order valence-electron chi connectivity index (χ3n) is 3.58. The lowest BCUT2D eigenvalue weighted by molar-refractivity contribution is 0.607. The fourth-order valence-electron chi connectivity index (χ4n) is 2.45. The highest BCUT2D eigenvalue weighted by molar-refractivity contribution is 7.07. The Hall–Kier alpha value is -1.91. The molecule has 0 aliphatic carbocycles. The Balaban J connectivity index is 1.58. The monoisotopic (exact) mass is 298 g/mol. The summed E-state index contributed by atoms with van der Waals surface area (Å²) < 4.78 is 2.13. The first-order chi connectivity index (χ1) is 10.3. The molecule has 0 fully saturated rings. The van der Waals surface area contributed by atoms with Crippen LogP contribution in [0.5, 0.6) is 0 Å². The summed E-state index contributed by atoms with van der Waals surface area (Å²) in [6, 6.07) is 11.6. The SMILES string of the molecule is O=c1ccn(CCNCCc2ccsc2)c2ccccc12. The summed E-state index contributed by atoms with van der Waals surface area (Å²) in [4.78, 5) is 11.8. The molecule has 2 aromatic heterocycles. The van der Waals surface area contributed by atoms with Crippen LogP contribution in [0, 0.1) is 0 Å². The Bertz CT molecular complexity index is 762. The molecule has 21 heavy (non-hydrogen) atoms. The van der Waals surface area contributed by atoms with Gasteiger partial charge in [-0.25, -0.2) is 0 Å². The molecule has 0 aliphatic rings. The molecule has 0 atom stereocenters. The second-order valence-electron chi connectivity index (χ2n) is 5.02. The van der Waals surface area contributed by atoms with E-state index in [1.54, 1.807) is 17.4 Å². The van der Waals surface area contributed by atoms with Crippen molar-refractivity contribution in [1.82, 2.24) is 9.88 Å². The number of pyridine rings is 1. The van der Waals surface area contributed by atoms with Crippen LogP contribution in [0.2, 0.25) is 0 Å². The number of nitrogens with one attached hydrogen (secondary N) is 1. The molecule has 0 unspecified atom stereocenters. The number of benzene rings is 1. The summed E-state index contributed by atoms with van der Waals surface area (Å²) in [5, 5.41) is 8.55. The summed E-state index contributed by atoms with van der Waals surface area (Å²) in [6.07, 6.45) is 2.94. The standard InChI is InChI=1S/C17H18N2OS/c20-17-6-10-19(16-4-2-1-3-15(16)17)11-9-18-8-5-14-7-12-21-13-14/h1-4,6-7,10,12-13,18H,5,8-9,11H2. The predicted octanol–water partition coefficient (Wildman–Crippen LogP) is 2.90. The lowest BCUT2D eigenvalue weighted by Gasteiger charge is -2.11. The van der Waals surface area contributed by atoms with Gasteiger partial charge in [0.1, 0.15) is 0 Å². The molecule has 0 amide bonds. The van der Waals surface area contributed by atoms with Gasteiger partial charge in [0, 0.05) is 30.7 Å². The summed E-state index contributed by atoms with van der Waals surface area (Å²) >= 11 is 1.74. The van der Waals surface area contributed by atoms with Crippen molar-refractivity contribution >= 4 is 22.2 Å². The van der Waals surface area contributed by atoms with Gasteiger partial charge in [-0.2, -0.15) is 11.3 Å². The minimum Gasteiger partial charge on any atom is -0.346 e. The fraction of sp³-hybridized carbons (Fsp3) is 0.235. The average molecular weight is 298 g/mol. The number of fused-ring (bicyclic) bond motifs is 1. The van der Waals surface area contributed by atoms with Gasteiger partial charge in [0.05, 0.1) is 5.52 Å². The second-order valence-corrected chi connectivity index (χ2v) is 5.80. The van der Waals surface area contributed by atoms with Crippen LogP contribution in [0.4, 0.5) is 0 Å². The largest absolute Gasteiger partial charge is 0.346 e. The zero-order valence-electron chi connectivity index (χ0n) is 11.8. The molecule has 1 aromatic carbocycles. The van der Waals surface area contributed by atoms with E-state index >= 15 is 0 Å². The molecule has 0 aliphatic heterocycles. The van der Waals surface area contributed by atoms with E-state index in [2.05, 4.69) is 26.7 Å². The van der Waals surface area contributed by atoms with E-state index in [0.717, 1.165) is 37.0 Å². The molecule has 0 bridgehead atoms. The molecule has 0 saturated heterocycles. The number of thiophene rings is 1. The number of rotatable bonds is 6. The van der Waals surface area contributed by atoms with E-state index in [-0.39, 0.29) is 5.43 Å². The normalized spacial score (nSPS) is 11.0. The van der Waals surface area contributed by atoms with E-state index in [0.29, 0.717) is 0 Å². The van der Waals surface area contributed by atoms with Crippen molar-refractivity contribution < 1.29 is 0 Å². The van der Waals surface area contributed by atoms with Crippen LogP contribution >= 0.6 is 11.3 Å². The van der Waals surface area contributed by atoms with Gasteiger partial charge in [-0.05, 0) is 47.5 Å². The Morgan fingerprint density at radius 3 is 2.86 bits per heavy atom. The van der Waals surface area contributed by atoms with Gasteiger partial charge in [0.15, 0.2) is 5.43 Å². The Morgan fingerprint density at radius 1 is 1.10 bits per heavy atom. The zero-order valence-corrected chi connectivity index (χ0v) is 12.6. The molecule has 3 aromatic rings. The topological polar surface area (TPSA) is 34.0 Å². The van der Waals surface area contributed by atoms with Crippen molar-refractivity contribution in [1.29, 1.82) is 0 Å². The van der Waals surface area contributed by atoms with E-state index in [9.17, 15) is 4.79 Å². The van der Waals surface area contributed by atoms with Gasteiger partial charge in [0.25, 0.3) is 0 Å². The maximum Gasteiger partial charge on any atom is 0.189 e. The average Bonchev–Trinajstić information content (AvgIpc) is 3.03. The highest BCUT2D eigenvalue weighted by Gasteiger charge is 2.01. The van der Waals surface area contributed by atoms with E-state index in [1.165, 1.54) is 5.56 Å². The lowest BCUT2D eigenvalue weighted by atomic mass is 10.2. The smallest absolute Gasteiger partial charge is 0.189 e. The predicted molar refractivity (Wildman–Crippen MR) is 89.1 cm³/mol. The third kappa shape index (κ3) is 3.40. The quantitative estimate of drug-likeness (QED) is 0.710.